The van der Waals surface area contributed by atoms with Gasteiger partial charge in [0.1, 0.15) is 0 Å². The van der Waals surface area contributed by atoms with Crippen molar-refractivity contribution in [3.8, 4) is 0 Å². The van der Waals surface area contributed by atoms with Crippen molar-refractivity contribution < 1.29 is 9.59 Å². The van der Waals surface area contributed by atoms with Gasteiger partial charge in [-0.1, -0.05) is 37.2 Å². The number of carbonyl (C=O) groups is 2. The lowest BCUT2D eigenvalue weighted by Gasteiger charge is -2.07. The molecule has 1 aromatic carbocycles. The van der Waals surface area contributed by atoms with Crippen molar-refractivity contribution in [1.29, 1.82) is 0 Å². The molecule has 1 N–H and O–H groups in total. The number of nitrogens with one attached hydrogen (secondary N) is 1. The molecule has 112 valence electrons. The van der Waals surface area contributed by atoms with Crippen molar-refractivity contribution in [2.45, 2.75) is 38.4 Å². The van der Waals surface area contributed by atoms with Gasteiger partial charge in [-0.2, -0.15) is 0 Å². The largest absolute Gasteiger partial charge is 0.319 e. The molecule has 0 saturated heterocycles. The van der Waals surface area contributed by atoms with Gasteiger partial charge in [0.25, 0.3) is 0 Å². The van der Waals surface area contributed by atoms with E-state index in [0.29, 0.717) is 0 Å². The molecule has 5 nitrogen and oxygen atoms in total. The molecule has 2 amide bonds. The number of aromatic nitrogens is 2. The summed E-state index contributed by atoms with van der Waals surface area (Å²) in [7, 11) is 0. The Kier molecular flexibility index (Phi) is 5.38. The molecular weight excluding hydrogens is 286 g/mol. The molecule has 0 radical (unpaired) electrons. The molecule has 0 aliphatic heterocycles. The molecule has 0 atom stereocenters. The molecule has 0 unspecified atom stereocenters. The fraction of sp³-hybridized carbons (Fsp3) is 0.400. The predicted molar refractivity (Wildman–Crippen MR) is 84.2 cm³/mol. The molecule has 2 aromatic rings. The number of amides is 2. The first-order chi connectivity index (χ1) is 10.1. The molecule has 0 saturated carbocycles. The molecule has 0 spiro atoms. The standard InChI is InChI=1S/C15H19N3O2S/c1-3-4-9-18-13-8-6-5-7-12(13)17-15(18)21-10-14(20)16-11(2)19/h5-8H,3-4,9-10H2,1-2H3,(H,16,19,20). The van der Waals surface area contributed by atoms with Gasteiger partial charge in [-0.15, -0.1) is 0 Å². The maximum atomic E-state index is 11.6. The van der Waals surface area contributed by atoms with Gasteiger partial charge >= 0.3 is 0 Å². The zero-order chi connectivity index (χ0) is 15.2. The summed E-state index contributed by atoms with van der Waals surface area (Å²) >= 11 is 1.36. The summed E-state index contributed by atoms with van der Waals surface area (Å²) in [5.74, 6) is -0.434. The van der Waals surface area contributed by atoms with Crippen LogP contribution in [0.2, 0.25) is 0 Å². The van der Waals surface area contributed by atoms with E-state index < -0.39 is 0 Å². The van der Waals surface area contributed by atoms with Crippen LogP contribution in [0.25, 0.3) is 11.0 Å². The summed E-state index contributed by atoms with van der Waals surface area (Å²) in [6.07, 6.45) is 2.16. The van der Waals surface area contributed by atoms with E-state index in [2.05, 4.69) is 21.8 Å². The predicted octanol–water partition coefficient (Wildman–Crippen LogP) is 2.59. The topological polar surface area (TPSA) is 64.0 Å². The minimum Gasteiger partial charge on any atom is -0.319 e. The minimum atomic E-state index is -0.333. The van der Waals surface area contributed by atoms with Crippen molar-refractivity contribution in [2.24, 2.45) is 0 Å². The third-order valence-corrected chi connectivity index (χ3v) is 3.98. The van der Waals surface area contributed by atoms with Gasteiger partial charge < -0.3 is 4.57 Å². The van der Waals surface area contributed by atoms with Crippen molar-refractivity contribution >= 4 is 34.6 Å². The lowest BCUT2D eigenvalue weighted by molar-refractivity contribution is -0.127. The molecule has 0 bridgehead atoms. The van der Waals surface area contributed by atoms with E-state index in [1.165, 1.54) is 18.7 Å². The molecular formula is C15H19N3O2S. The fourth-order valence-corrected chi connectivity index (χ4v) is 2.90. The van der Waals surface area contributed by atoms with Crippen LogP contribution in [0.15, 0.2) is 29.4 Å². The number of carbonyl (C=O) groups excluding carboxylic acids is 2. The van der Waals surface area contributed by atoms with Crippen LogP contribution in [-0.2, 0) is 16.1 Å². The SMILES string of the molecule is CCCCn1c(SCC(=O)NC(C)=O)nc2ccccc21. The monoisotopic (exact) mass is 305 g/mol. The Morgan fingerprint density at radius 3 is 2.81 bits per heavy atom. The van der Waals surface area contributed by atoms with Crippen molar-refractivity contribution in [3.63, 3.8) is 0 Å². The Hall–Kier alpha value is -1.82. The average molecular weight is 305 g/mol. The number of thioether (sulfide) groups is 1. The zero-order valence-electron chi connectivity index (χ0n) is 12.3. The van der Waals surface area contributed by atoms with Crippen molar-refractivity contribution in [2.75, 3.05) is 5.75 Å². The summed E-state index contributed by atoms with van der Waals surface area (Å²) in [5.41, 5.74) is 2.02. The quantitative estimate of drug-likeness (QED) is 0.833. The number of aryl methyl sites for hydroxylation is 1. The number of nitrogens with zero attached hydrogens (tertiary/aromatic N) is 2. The van der Waals surface area contributed by atoms with Gasteiger partial charge in [0, 0.05) is 13.5 Å². The van der Waals surface area contributed by atoms with E-state index in [-0.39, 0.29) is 17.6 Å². The Labute approximate surface area is 128 Å². The Morgan fingerprint density at radius 1 is 1.33 bits per heavy atom. The molecule has 21 heavy (non-hydrogen) atoms. The number of unbranched alkanes of at least 4 members (excludes halogenated alkanes) is 1. The summed E-state index contributed by atoms with van der Waals surface area (Å²) in [6, 6.07) is 7.95. The van der Waals surface area contributed by atoms with E-state index in [1.807, 2.05) is 24.3 Å². The van der Waals surface area contributed by atoms with Crippen LogP contribution in [0.3, 0.4) is 0 Å². The van der Waals surface area contributed by atoms with E-state index in [0.717, 1.165) is 35.6 Å². The highest BCUT2D eigenvalue weighted by Gasteiger charge is 2.12. The summed E-state index contributed by atoms with van der Waals surface area (Å²) < 4.78 is 2.14. The first-order valence-electron chi connectivity index (χ1n) is 7.00. The Morgan fingerprint density at radius 2 is 2.10 bits per heavy atom. The third kappa shape index (κ3) is 4.07. The number of hydrogen-bond acceptors (Lipinski definition) is 4. The average Bonchev–Trinajstić information content (AvgIpc) is 2.80. The van der Waals surface area contributed by atoms with E-state index in [4.69, 9.17) is 0 Å². The van der Waals surface area contributed by atoms with Crippen LogP contribution in [0.4, 0.5) is 0 Å². The number of para-hydroxylation sites is 2. The minimum absolute atomic E-state index is 0.190. The molecule has 0 aliphatic carbocycles. The number of imidazole rings is 1. The highest BCUT2D eigenvalue weighted by Crippen LogP contribution is 2.24. The van der Waals surface area contributed by atoms with E-state index in [1.54, 1.807) is 0 Å². The van der Waals surface area contributed by atoms with Crippen LogP contribution in [0.1, 0.15) is 26.7 Å². The highest BCUT2D eigenvalue weighted by atomic mass is 32.2. The van der Waals surface area contributed by atoms with Crippen molar-refractivity contribution in [3.05, 3.63) is 24.3 Å². The second-order valence-electron chi connectivity index (χ2n) is 4.78. The zero-order valence-corrected chi connectivity index (χ0v) is 13.1. The van der Waals surface area contributed by atoms with Crippen LogP contribution in [0, 0.1) is 0 Å². The molecule has 6 heteroatoms. The first kappa shape index (κ1) is 15.6. The fourth-order valence-electron chi connectivity index (χ4n) is 2.06. The number of imide groups is 1. The van der Waals surface area contributed by atoms with Crippen LogP contribution < -0.4 is 5.32 Å². The number of benzene rings is 1. The highest BCUT2D eigenvalue weighted by molar-refractivity contribution is 7.99. The second-order valence-corrected chi connectivity index (χ2v) is 5.72. The third-order valence-electron chi connectivity index (χ3n) is 3.00. The second kappa shape index (κ2) is 7.26. The van der Waals surface area contributed by atoms with Gasteiger partial charge in [-0.3, -0.25) is 14.9 Å². The summed E-state index contributed by atoms with van der Waals surface area (Å²) in [5, 5.41) is 3.10. The van der Waals surface area contributed by atoms with Crippen LogP contribution in [0.5, 0.6) is 0 Å². The van der Waals surface area contributed by atoms with Gasteiger partial charge in [-0.05, 0) is 18.6 Å². The molecule has 1 aromatic heterocycles. The lowest BCUT2D eigenvalue weighted by Crippen LogP contribution is -2.29. The smallest absolute Gasteiger partial charge is 0.237 e. The number of fused-ring (bicyclic) bond motifs is 1. The van der Waals surface area contributed by atoms with Crippen molar-refractivity contribution in [1.82, 2.24) is 14.9 Å². The molecule has 0 aliphatic rings. The van der Waals surface area contributed by atoms with Gasteiger partial charge in [0.2, 0.25) is 11.8 Å². The summed E-state index contributed by atoms with van der Waals surface area (Å²) in [6.45, 7) is 4.36. The summed E-state index contributed by atoms with van der Waals surface area (Å²) in [4.78, 5) is 27.0. The number of rotatable bonds is 6. The van der Waals surface area contributed by atoms with Crippen LogP contribution >= 0.6 is 11.8 Å². The normalized spacial score (nSPS) is 10.8. The molecule has 1 heterocycles. The maximum absolute atomic E-state index is 11.6. The molecule has 2 rings (SSSR count). The van der Waals surface area contributed by atoms with Gasteiger partial charge in [0.05, 0.1) is 16.8 Å². The first-order valence-corrected chi connectivity index (χ1v) is 7.99. The number of hydrogen-bond donors (Lipinski definition) is 1. The van der Waals surface area contributed by atoms with E-state index >= 15 is 0 Å². The van der Waals surface area contributed by atoms with E-state index in [9.17, 15) is 9.59 Å². The van der Waals surface area contributed by atoms with Gasteiger partial charge in [0.15, 0.2) is 5.16 Å². The van der Waals surface area contributed by atoms with Crippen LogP contribution in [-0.4, -0.2) is 27.1 Å². The van der Waals surface area contributed by atoms with Gasteiger partial charge in [-0.25, -0.2) is 4.98 Å². The molecule has 0 fully saturated rings. The maximum Gasteiger partial charge on any atom is 0.237 e. The Balaban J connectivity index is 2.17. The lowest BCUT2D eigenvalue weighted by atomic mass is 10.3. The Bertz CT molecular complexity index is 651.